The van der Waals surface area contributed by atoms with Gasteiger partial charge in [-0.05, 0) is 24.6 Å². The zero-order chi connectivity index (χ0) is 21.0. The fourth-order valence-electron chi connectivity index (χ4n) is 3.13. The predicted molar refractivity (Wildman–Crippen MR) is 113 cm³/mol. The van der Waals surface area contributed by atoms with Crippen LogP contribution < -0.4 is 0 Å². The Balaban J connectivity index is 1.97. The van der Waals surface area contributed by atoms with Crippen LogP contribution in [0.2, 0.25) is 0 Å². The molecule has 0 saturated carbocycles. The Labute approximate surface area is 175 Å². The van der Waals surface area contributed by atoms with E-state index in [0.29, 0.717) is 36.1 Å². The molecule has 0 N–H and O–H groups in total. The molecule has 2 heterocycles. The highest BCUT2D eigenvalue weighted by Crippen LogP contribution is 2.29. The van der Waals surface area contributed by atoms with Crippen LogP contribution in [-0.4, -0.2) is 45.6 Å². The molecule has 0 bridgehead atoms. The third kappa shape index (κ3) is 4.65. The maximum absolute atomic E-state index is 12.9. The van der Waals surface area contributed by atoms with Crippen molar-refractivity contribution < 1.29 is 12.8 Å². The van der Waals surface area contributed by atoms with E-state index in [9.17, 15) is 8.42 Å². The Morgan fingerprint density at radius 3 is 2.55 bits per heavy atom. The highest BCUT2D eigenvalue weighted by atomic mass is 32.2. The number of unbranched alkanes of at least 4 members (excludes halogenated alkanes) is 1. The molecule has 1 aromatic carbocycles. The average molecular weight is 438 g/mol. The van der Waals surface area contributed by atoms with Gasteiger partial charge in [-0.2, -0.15) is 4.31 Å². The van der Waals surface area contributed by atoms with Crippen LogP contribution in [0.25, 0.3) is 11.0 Å². The van der Waals surface area contributed by atoms with Gasteiger partial charge in [-0.1, -0.05) is 39.0 Å². The largest absolute Gasteiger partial charge is 0.425 e. The Morgan fingerprint density at radius 2 is 1.93 bits per heavy atom. The standard InChI is InChI=1S/C19H27N5O3S2/c1-5-8-11-24-17-10-9-15(29(25,26)23(6-2)7-3)12-16(17)20-19(24)28-13-18-22-21-14(4)27-18/h9-10,12H,5-8,11,13H2,1-4H3. The Hall–Kier alpha value is -1.91. The quantitative estimate of drug-likeness (QED) is 0.445. The summed E-state index contributed by atoms with van der Waals surface area (Å²) in [6.45, 7) is 9.27. The maximum atomic E-state index is 12.9. The molecule has 8 nitrogen and oxygen atoms in total. The van der Waals surface area contributed by atoms with Crippen LogP contribution in [0.4, 0.5) is 0 Å². The molecular formula is C19H27N5O3S2. The number of rotatable bonds is 10. The fraction of sp³-hybridized carbons (Fsp3) is 0.526. The van der Waals surface area contributed by atoms with E-state index < -0.39 is 10.0 Å². The lowest BCUT2D eigenvalue weighted by atomic mass is 10.3. The topological polar surface area (TPSA) is 94.1 Å². The highest BCUT2D eigenvalue weighted by molar-refractivity contribution is 7.98. The number of sulfonamides is 1. The minimum absolute atomic E-state index is 0.276. The highest BCUT2D eigenvalue weighted by Gasteiger charge is 2.23. The molecule has 0 unspecified atom stereocenters. The number of aryl methyl sites for hydroxylation is 2. The van der Waals surface area contributed by atoms with Crippen molar-refractivity contribution >= 4 is 32.8 Å². The van der Waals surface area contributed by atoms with Gasteiger partial charge < -0.3 is 8.98 Å². The Bertz CT molecular complexity index is 1070. The summed E-state index contributed by atoms with van der Waals surface area (Å²) in [4.78, 5) is 5.00. The van der Waals surface area contributed by atoms with E-state index in [-0.39, 0.29) is 4.90 Å². The monoisotopic (exact) mass is 437 g/mol. The summed E-state index contributed by atoms with van der Waals surface area (Å²) in [5.74, 6) is 1.60. The first-order chi connectivity index (χ1) is 13.9. The van der Waals surface area contributed by atoms with Crippen molar-refractivity contribution in [3.8, 4) is 0 Å². The molecule has 2 aromatic heterocycles. The number of benzene rings is 1. The molecule has 0 aliphatic carbocycles. The predicted octanol–water partition coefficient (Wildman–Crippen LogP) is 3.85. The third-order valence-corrected chi connectivity index (χ3v) is 7.66. The van der Waals surface area contributed by atoms with Crippen molar-refractivity contribution in [1.29, 1.82) is 0 Å². The molecule has 0 aliphatic heterocycles. The van der Waals surface area contributed by atoms with Crippen molar-refractivity contribution in [3.63, 3.8) is 0 Å². The molecule has 0 amide bonds. The van der Waals surface area contributed by atoms with E-state index in [1.807, 2.05) is 19.9 Å². The van der Waals surface area contributed by atoms with Crippen molar-refractivity contribution in [1.82, 2.24) is 24.1 Å². The summed E-state index contributed by atoms with van der Waals surface area (Å²) in [6, 6.07) is 5.21. The van der Waals surface area contributed by atoms with Gasteiger partial charge in [0.2, 0.25) is 21.8 Å². The molecular weight excluding hydrogens is 410 g/mol. The van der Waals surface area contributed by atoms with Crippen LogP contribution in [0, 0.1) is 6.92 Å². The summed E-state index contributed by atoms with van der Waals surface area (Å²) < 4.78 is 34.8. The number of nitrogens with zero attached hydrogens (tertiary/aromatic N) is 5. The Morgan fingerprint density at radius 1 is 1.17 bits per heavy atom. The molecule has 0 fully saturated rings. The number of thioether (sulfide) groups is 1. The van der Waals surface area contributed by atoms with Crippen molar-refractivity contribution in [2.45, 2.75) is 62.9 Å². The SMILES string of the molecule is CCCCn1c(SCc2nnc(C)o2)nc2cc(S(=O)(=O)N(CC)CC)ccc21. The Kier molecular flexibility index (Phi) is 6.97. The van der Waals surface area contributed by atoms with Crippen molar-refractivity contribution in [3.05, 3.63) is 30.0 Å². The molecule has 0 saturated heterocycles. The summed E-state index contributed by atoms with van der Waals surface area (Å²) in [5.41, 5.74) is 1.61. The van der Waals surface area contributed by atoms with E-state index in [2.05, 4.69) is 21.7 Å². The minimum atomic E-state index is -3.52. The first kappa shape index (κ1) is 21.8. The maximum Gasteiger partial charge on any atom is 0.243 e. The van der Waals surface area contributed by atoms with Gasteiger partial charge in [-0.3, -0.25) is 0 Å². The lowest BCUT2D eigenvalue weighted by Gasteiger charge is -2.18. The van der Waals surface area contributed by atoms with Crippen molar-refractivity contribution in [2.24, 2.45) is 0 Å². The first-order valence-electron chi connectivity index (χ1n) is 9.82. The summed E-state index contributed by atoms with van der Waals surface area (Å²) >= 11 is 1.51. The van der Waals surface area contributed by atoms with Crippen LogP contribution in [0.15, 0.2) is 32.7 Å². The van der Waals surface area contributed by atoms with Gasteiger partial charge in [0.1, 0.15) is 0 Å². The molecule has 0 radical (unpaired) electrons. The molecule has 10 heteroatoms. The van der Waals surface area contributed by atoms with Gasteiger partial charge in [0.05, 0.1) is 21.7 Å². The van der Waals surface area contributed by atoms with Crippen molar-refractivity contribution in [2.75, 3.05) is 13.1 Å². The molecule has 3 aromatic rings. The van der Waals surface area contributed by atoms with Gasteiger partial charge in [0.25, 0.3) is 0 Å². The lowest BCUT2D eigenvalue weighted by molar-refractivity contribution is 0.445. The molecule has 158 valence electrons. The zero-order valence-electron chi connectivity index (χ0n) is 17.3. The van der Waals surface area contributed by atoms with Crippen LogP contribution in [0.1, 0.15) is 45.4 Å². The van der Waals surface area contributed by atoms with Gasteiger partial charge in [0.15, 0.2) is 5.16 Å². The second kappa shape index (κ2) is 9.27. The summed E-state index contributed by atoms with van der Waals surface area (Å²) in [7, 11) is -3.52. The van der Waals surface area contributed by atoms with Gasteiger partial charge in [-0.25, -0.2) is 13.4 Å². The lowest BCUT2D eigenvalue weighted by Crippen LogP contribution is -2.30. The van der Waals surface area contributed by atoms with E-state index >= 15 is 0 Å². The van der Waals surface area contributed by atoms with Crippen LogP contribution in [0.5, 0.6) is 0 Å². The molecule has 0 atom stereocenters. The fourth-order valence-corrected chi connectivity index (χ4v) is 5.48. The molecule has 29 heavy (non-hydrogen) atoms. The van der Waals surface area contributed by atoms with E-state index in [1.54, 1.807) is 19.1 Å². The van der Waals surface area contributed by atoms with Crippen LogP contribution >= 0.6 is 11.8 Å². The first-order valence-corrected chi connectivity index (χ1v) is 12.2. The number of aromatic nitrogens is 4. The number of fused-ring (bicyclic) bond motifs is 1. The van der Waals surface area contributed by atoms with E-state index in [1.165, 1.54) is 16.1 Å². The average Bonchev–Trinajstić information content (AvgIpc) is 3.27. The van der Waals surface area contributed by atoms with Gasteiger partial charge in [0, 0.05) is 26.6 Å². The molecule has 0 spiro atoms. The second-order valence-electron chi connectivity index (χ2n) is 6.64. The third-order valence-electron chi connectivity index (χ3n) is 4.66. The van der Waals surface area contributed by atoms with Crippen LogP contribution in [0.3, 0.4) is 0 Å². The smallest absolute Gasteiger partial charge is 0.243 e. The summed E-state index contributed by atoms with van der Waals surface area (Å²) in [6.07, 6.45) is 2.07. The minimum Gasteiger partial charge on any atom is -0.425 e. The van der Waals surface area contributed by atoms with E-state index in [0.717, 1.165) is 30.1 Å². The summed E-state index contributed by atoms with van der Waals surface area (Å²) in [5, 5.41) is 8.71. The second-order valence-corrected chi connectivity index (χ2v) is 9.52. The van der Waals surface area contributed by atoms with Gasteiger partial charge >= 0.3 is 0 Å². The molecule has 3 rings (SSSR count). The van der Waals surface area contributed by atoms with Gasteiger partial charge in [-0.15, -0.1) is 10.2 Å². The van der Waals surface area contributed by atoms with E-state index in [4.69, 9.17) is 9.40 Å². The van der Waals surface area contributed by atoms with Crippen LogP contribution in [-0.2, 0) is 22.3 Å². The number of imidazole rings is 1. The molecule has 0 aliphatic rings. The normalized spacial score (nSPS) is 12.3. The number of hydrogen-bond donors (Lipinski definition) is 0. The zero-order valence-corrected chi connectivity index (χ0v) is 18.9. The number of hydrogen-bond acceptors (Lipinski definition) is 7.